The number of nitrogens with one attached hydrogen (secondary N) is 1. The van der Waals surface area contributed by atoms with Gasteiger partial charge in [-0.05, 0) is 24.9 Å². The summed E-state index contributed by atoms with van der Waals surface area (Å²) in [6.45, 7) is 5.89. The van der Waals surface area contributed by atoms with Gasteiger partial charge in [0.2, 0.25) is 6.79 Å². The average molecular weight is 251 g/mol. The second kappa shape index (κ2) is 6.07. The van der Waals surface area contributed by atoms with Gasteiger partial charge in [-0.25, -0.2) is 0 Å². The fraction of sp³-hybridized carbons (Fsp3) is 0.571. The molecular weight excluding hydrogens is 230 g/mol. The van der Waals surface area contributed by atoms with Gasteiger partial charge >= 0.3 is 0 Å². The Kier molecular flexibility index (Phi) is 4.44. The fourth-order valence-corrected chi connectivity index (χ4v) is 1.94. The summed E-state index contributed by atoms with van der Waals surface area (Å²) in [7, 11) is 0. The average Bonchev–Trinajstić information content (AvgIpc) is 2.83. The van der Waals surface area contributed by atoms with E-state index in [0.29, 0.717) is 12.7 Å². The second-order valence-corrected chi connectivity index (χ2v) is 4.93. The van der Waals surface area contributed by atoms with Gasteiger partial charge in [-0.15, -0.1) is 0 Å². The third-order valence-electron chi connectivity index (χ3n) is 3.18. The molecule has 0 amide bonds. The molecule has 2 rings (SSSR count). The maximum Gasteiger partial charge on any atom is 0.231 e. The van der Waals surface area contributed by atoms with Gasteiger partial charge in [0.25, 0.3) is 0 Å². The molecule has 0 saturated carbocycles. The van der Waals surface area contributed by atoms with Gasteiger partial charge in [-0.3, -0.25) is 0 Å². The standard InChI is InChI=1S/C14H21NO3/c1-10(2)12(16)6-7-15-8-11-4-3-5-13-14(11)18-9-17-13/h3-5,10,12,15-16H,6-9H2,1-2H3. The van der Waals surface area contributed by atoms with E-state index < -0.39 is 0 Å². The van der Waals surface area contributed by atoms with E-state index in [1.165, 1.54) is 0 Å². The summed E-state index contributed by atoms with van der Waals surface area (Å²) in [5.41, 5.74) is 1.10. The molecule has 1 aromatic rings. The quantitative estimate of drug-likeness (QED) is 0.758. The zero-order chi connectivity index (χ0) is 13.0. The second-order valence-electron chi connectivity index (χ2n) is 4.93. The van der Waals surface area contributed by atoms with Gasteiger partial charge in [0.1, 0.15) is 0 Å². The molecule has 0 aliphatic carbocycles. The van der Waals surface area contributed by atoms with Gasteiger partial charge in [-0.1, -0.05) is 26.0 Å². The predicted molar refractivity (Wildman–Crippen MR) is 69.7 cm³/mol. The van der Waals surface area contributed by atoms with Crippen LogP contribution in [0.15, 0.2) is 18.2 Å². The molecule has 0 radical (unpaired) electrons. The van der Waals surface area contributed by atoms with E-state index in [4.69, 9.17) is 9.47 Å². The molecule has 2 N–H and O–H groups in total. The Morgan fingerprint density at radius 3 is 2.94 bits per heavy atom. The van der Waals surface area contributed by atoms with E-state index in [1.54, 1.807) is 0 Å². The number of benzene rings is 1. The molecule has 0 bridgehead atoms. The van der Waals surface area contributed by atoms with E-state index in [-0.39, 0.29) is 6.10 Å². The van der Waals surface area contributed by atoms with Gasteiger partial charge in [0, 0.05) is 12.1 Å². The Bertz CT molecular complexity index is 393. The normalized spacial score (nSPS) is 15.1. The van der Waals surface area contributed by atoms with Gasteiger partial charge < -0.3 is 19.9 Å². The molecule has 18 heavy (non-hydrogen) atoms. The first-order chi connectivity index (χ1) is 8.68. The largest absolute Gasteiger partial charge is 0.454 e. The summed E-state index contributed by atoms with van der Waals surface area (Å²) in [4.78, 5) is 0. The predicted octanol–water partition coefficient (Wildman–Crippen LogP) is 1.91. The van der Waals surface area contributed by atoms with Crippen LogP contribution in [-0.2, 0) is 6.54 Å². The molecule has 4 nitrogen and oxygen atoms in total. The smallest absolute Gasteiger partial charge is 0.231 e. The Morgan fingerprint density at radius 1 is 1.33 bits per heavy atom. The monoisotopic (exact) mass is 251 g/mol. The molecule has 1 heterocycles. The van der Waals surface area contributed by atoms with Gasteiger partial charge in [0.05, 0.1) is 6.10 Å². The Hall–Kier alpha value is -1.26. The van der Waals surface area contributed by atoms with Crippen molar-refractivity contribution >= 4 is 0 Å². The minimum atomic E-state index is -0.237. The molecule has 1 aliphatic heterocycles. The van der Waals surface area contributed by atoms with Crippen LogP contribution in [0.5, 0.6) is 11.5 Å². The summed E-state index contributed by atoms with van der Waals surface area (Å²) in [6.07, 6.45) is 0.530. The fourth-order valence-electron chi connectivity index (χ4n) is 1.94. The molecule has 0 fully saturated rings. The molecule has 0 saturated heterocycles. The number of hydrogen-bond acceptors (Lipinski definition) is 4. The van der Waals surface area contributed by atoms with Crippen molar-refractivity contribution in [1.29, 1.82) is 0 Å². The number of hydrogen-bond donors (Lipinski definition) is 2. The third kappa shape index (κ3) is 3.15. The molecule has 0 spiro atoms. The third-order valence-corrected chi connectivity index (χ3v) is 3.18. The van der Waals surface area contributed by atoms with E-state index in [9.17, 15) is 5.11 Å². The van der Waals surface area contributed by atoms with Gasteiger partial charge in [0.15, 0.2) is 11.5 Å². The van der Waals surface area contributed by atoms with Crippen LogP contribution in [0.1, 0.15) is 25.8 Å². The molecule has 4 heteroatoms. The Morgan fingerprint density at radius 2 is 2.17 bits per heavy atom. The lowest BCUT2D eigenvalue weighted by Gasteiger charge is -2.14. The van der Waals surface area contributed by atoms with Crippen LogP contribution in [0.25, 0.3) is 0 Å². The van der Waals surface area contributed by atoms with Crippen LogP contribution in [0.2, 0.25) is 0 Å². The molecule has 1 aliphatic rings. The summed E-state index contributed by atoms with van der Waals surface area (Å²) in [5, 5.41) is 13.0. The maximum absolute atomic E-state index is 9.69. The van der Waals surface area contributed by atoms with Crippen molar-refractivity contribution in [2.45, 2.75) is 32.9 Å². The van der Waals surface area contributed by atoms with Crippen LogP contribution < -0.4 is 14.8 Å². The van der Waals surface area contributed by atoms with Crippen LogP contribution in [0.3, 0.4) is 0 Å². The highest BCUT2D eigenvalue weighted by Gasteiger charge is 2.16. The lowest BCUT2D eigenvalue weighted by molar-refractivity contribution is 0.116. The van der Waals surface area contributed by atoms with Crippen LogP contribution in [0, 0.1) is 5.92 Å². The van der Waals surface area contributed by atoms with E-state index in [2.05, 4.69) is 5.32 Å². The number of aliphatic hydroxyl groups is 1. The van der Waals surface area contributed by atoms with E-state index in [1.807, 2.05) is 32.0 Å². The molecule has 1 atom stereocenters. The zero-order valence-electron chi connectivity index (χ0n) is 11.0. The first-order valence-electron chi connectivity index (χ1n) is 6.44. The highest BCUT2D eigenvalue weighted by Crippen LogP contribution is 2.35. The Balaban J connectivity index is 1.79. The SMILES string of the molecule is CC(C)C(O)CCNCc1cccc2c1OCO2. The molecule has 1 unspecified atom stereocenters. The molecular formula is C14H21NO3. The van der Waals surface area contributed by atoms with Crippen molar-refractivity contribution in [2.24, 2.45) is 5.92 Å². The van der Waals surface area contributed by atoms with Crippen molar-refractivity contribution in [3.05, 3.63) is 23.8 Å². The topological polar surface area (TPSA) is 50.7 Å². The van der Waals surface area contributed by atoms with Crippen molar-refractivity contribution in [3.8, 4) is 11.5 Å². The lowest BCUT2D eigenvalue weighted by atomic mass is 10.0. The van der Waals surface area contributed by atoms with E-state index in [0.717, 1.165) is 36.6 Å². The minimum Gasteiger partial charge on any atom is -0.454 e. The zero-order valence-corrected chi connectivity index (χ0v) is 11.0. The van der Waals surface area contributed by atoms with Crippen molar-refractivity contribution in [2.75, 3.05) is 13.3 Å². The van der Waals surface area contributed by atoms with Crippen LogP contribution in [-0.4, -0.2) is 24.5 Å². The van der Waals surface area contributed by atoms with Crippen LogP contribution >= 0.6 is 0 Å². The number of ether oxygens (including phenoxy) is 2. The van der Waals surface area contributed by atoms with Crippen LogP contribution in [0.4, 0.5) is 0 Å². The van der Waals surface area contributed by atoms with Crippen molar-refractivity contribution in [3.63, 3.8) is 0 Å². The van der Waals surface area contributed by atoms with Crippen molar-refractivity contribution in [1.82, 2.24) is 5.32 Å². The molecule has 1 aromatic carbocycles. The summed E-state index contributed by atoms with van der Waals surface area (Å²) in [5.74, 6) is 1.97. The van der Waals surface area contributed by atoms with E-state index >= 15 is 0 Å². The number of rotatable bonds is 6. The number of aliphatic hydroxyl groups excluding tert-OH is 1. The first-order valence-corrected chi connectivity index (χ1v) is 6.44. The summed E-state index contributed by atoms with van der Waals surface area (Å²) < 4.78 is 10.8. The first kappa shape index (κ1) is 13.2. The summed E-state index contributed by atoms with van der Waals surface area (Å²) in [6, 6.07) is 5.90. The molecule has 100 valence electrons. The maximum atomic E-state index is 9.69. The van der Waals surface area contributed by atoms with Crippen molar-refractivity contribution < 1.29 is 14.6 Å². The van der Waals surface area contributed by atoms with Gasteiger partial charge in [-0.2, -0.15) is 0 Å². The highest BCUT2D eigenvalue weighted by molar-refractivity contribution is 5.48. The number of fused-ring (bicyclic) bond motifs is 1. The Labute approximate surface area is 108 Å². The number of para-hydroxylation sites is 1. The highest BCUT2D eigenvalue weighted by atomic mass is 16.7. The molecule has 0 aromatic heterocycles. The minimum absolute atomic E-state index is 0.237. The lowest BCUT2D eigenvalue weighted by Crippen LogP contribution is -2.23. The summed E-state index contributed by atoms with van der Waals surface area (Å²) >= 11 is 0.